The van der Waals surface area contributed by atoms with Gasteiger partial charge in [-0.2, -0.15) is 0 Å². The number of aromatic nitrogens is 3. The minimum atomic E-state index is -3.49. The van der Waals surface area contributed by atoms with Crippen LogP contribution in [0.5, 0.6) is 0 Å². The van der Waals surface area contributed by atoms with E-state index in [0.717, 1.165) is 45.6 Å². The van der Waals surface area contributed by atoms with E-state index in [0.29, 0.717) is 81.6 Å². The third-order valence-corrected chi connectivity index (χ3v) is 21.9. The van der Waals surface area contributed by atoms with E-state index in [4.69, 9.17) is 44.0 Å². The Hall–Kier alpha value is -11.6. The van der Waals surface area contributed by atoms with E-state index in [1.165, 1.54) is 23.6 Å². The predicted octanol–water partition coefficient (Wildman–Crippen LogP) is 19.6. The maximum absolute atomic E-state index is 12.0. The van der Waals surface area contributed by atoms with Gasteiger partial charge in [0.1, 0.15) is 24.4 Å². The molecule has 2 heterocycles. The first kappa shape index (κ1) is 121. The van der Waals surface area contributed by atoms with Crippen molar-refractivity contribution in [3.63, 3.8) is 0 Å². The summed E-state index contributed by atoms with van der Waals surface area (Å²) in [5.74, 6) is -0.214. The van der Waals surface area contributed by atoms with Crippen LogP contribution in [0.25, 0.3) is 0 Å². The number of sulfonamides is 1. The summed E-state index contributed by atoms with van der Waals surface area (Å²) in [4.78, 5) is 104. The highest BCUT2D eigenvalue weighted by Crippen LogP contribution is 2.46. The van der Waals surface area contributed by atoms with Crippen molar-refractivity contribution in [2.75, 3.05) is 128 Å². The second-order valence-corrected chi connectivity index (χ2v) is 42.4. The van der Waals surface area contributed by atoms with Crippen LogP contribution < -0.4 is 47.7 Å². The van der Waals surface area contributed by atoms with Gasteiger partial charge in [-0.3, -0.25) is 39.9 Å². The minimum absolute atomic E-state index is 0.000813. The number of ether oxygens (including phenoxy) is 7. The van der Waals surface area contributed by atoms with Gasteiger partial charge in [0.2, 0.25) is 33.7 Å². The molecule has 0 atom stereocenters. The van der Waals surface area contributed by atoms with Crippen LogP contribution in [-0.2, 0) is 101 Å². The molecule has 756 valence electrons. The molecular formula is C106H158N12O18S. The fraction of sp³-hybridized carbons (Fsp3) is 0.500. The molecule has 0 aliphatic heterocycles. The number of amides is 8. The number of aliphatic hydroxyl groups is 1. The zero-order valence-electron chi connectivity index (χ0n) is 86.9. The van der Waals surface area contributed by atoms with Crippen molar-refractivity contribution in [3.8, 4) is 0 Å². The molecule has 0 unspecified atom stereocenters. The Balaban J connectivity index is 0.000000530. The molecule has 1 fully saturated rings. The summed E-state index contributed by atoms with van der Waals surface area (Å²) in [7, 11) is 2.85. The number of pyridine rings is 1. The molecule has 1 saturated carbocycles. The van der Waals surface area contributed by atoms with Gasteiger partial charge in [0.15, 0.2) is 0 Å². The zero-order chi connectivity index (χ0) is 104. The summed E-state index contributed by atoms with van der Waals surface area (Å²) in [5, 5.41) is 27.4. The van der Waals surface area contributed by atoms with E-state index in [1.807, 2.05) is 146 Å². The van der Waals surface area contributed by atoms with Gasteiger partial charge in [-0.25, -0.2) is 42.5 Å². The topological polar surface area (TPSA) is 416 Å². The molecule has 30 nitrogen and oxygen atoms in total. The van der Waals surface area contributed by atoms with Crippen molar-refractivity contribution >= 4 is 86.7 Å². The smallest absolute Gasteiger partial charge is 0.414 e. The Kier molecular flexibility index (Phi) is 51.1. The summed E-state index contributed by atoms with van der Waals surface area (Å²) >= 11 is 0. The molecule has 137 heavy (non-hydrogen) atoms. The molecule has 2 aromatic heterocycles. The number of rotatable bonds is 27. The van der Waals surface area contributed by atoms with Gasteiger partial charge in [-0.15, -0.1) is 0 Å². The van der Waals surface area contributed by atoms with Crippen LogP contribution in [-0.4, -0.2) is 177 Å². The van der Waals surface area contributed by atoms with E-state index in [2.05, 4.69) is 223 Å². The quantitative estimate of drug-likeness (QED) is 0.0130. The molecule has 0 spiro atoms. The fourth-order valence-electron chi connectivity index (χ4n) is 11.5. The van der Waals surface area contributed by atoms with Crippen LogP contribution in [0.3, 0.4) is 0 Å². The fourth-order valence-corrected chi connectivity index (χ4v) is 12.5. The van der Waals surface area contributed by atoms with Crippen molar-refractivity contribution < 1.29 is 85.0 Å². The van der Waals surface area contributed by atoms with Gasteiger partial charge >= 0.3 is 18.3 Å². The number of hydrogen-bond acceptors (Lipinski definition) is 21. The minimum Gasteiger partial charge on any atom is -0.449 e. The molecule has 8 amide bonds. The second kappa shape index (κ2) is 57.6. The first-order chi connectivity index (χ1) is 63.6. The highest BCUT2D eigenvalue weighted by molar-refractivity contribution is 7.89. The van der Waals surface area contributed by atoms with Gasteiger partial charge in [-0.1, -0.05) is 252 Å². The third-order valence-electron chi connectivity index (χ3n) is 20.4. The molecule has 0 saturated heterocycles. The predicted molar refractivity (Wildman–Crippen MR) is 548 cm³/mol. The highest BCUT2D eigenvalue weighted by atomic mass is 32.2. The Morgan fingerprint density at radius 1 is 0.380 bits per heavy atom. The molecule has 8 aromatic rings. The lowest BCUT2D eigenvalue weighted by Gasteiger charge is -2.19. The number of aliphatic hydroxyl groups excluding tert-OH is 1. The molecule has 1 aliphatic carbocycles. The van der Waals surface area contributed by atoms with Crippen LogP contribution in [0, 0.1) is 5.41 Å². The third kappa shape index (κ3) is 48.3. The number of primary amides is 1. The van der Waals surface area contributed by atoms with Gasteiger partial charge in [0.25, 0.3) is 11.8 Å². The monoisotopic (exact) mass is 1920 g/mol. The number of nitrogens with one attached hydrogen (secondary N) is 8. The van der Waals surface area contributed by atoms with Crippen molar-refractivity contribution in [2.45, 2.75) is 247 Å². The van der Waals surface area contributed by atoms with Crippen LogP contribution in [0.1, 0.15) is 265 Å². The van der Waals surface area contributed by atoms with Gasteiger partial charge in [0.05, 0.1) is 44.5 Å². The summed E-state index contributed by atoms with van der Waals surface area (Å²) in [6.45, 7) is 58.0. The largest absolute Gasteiger partial charge is 0.449 e. The van der Waals surface area contributed by atoms with E-state index in [1.54, 1.807) is 65.2 Å². The summed E-state index contributed by atoms with van der Waals surface area (Å²) < 4.78 is 59.8. The van der Waals surface area contributed by atoms with Crippen molar-refractivity contribution in [3.05, 3.63) is 232 Å². The summed E-state index contributed by atoms with van der Waals surface area (Å²) in [5.41, 5.74) is 17.7. The summed E-state index contributed by atoms with van der Waals surface area (Å²) in [6, 6.07) is 49.4. The number of methoxy groups -OCH3 is 4. The Morgan fingerprint density at radius 3 is 1.14 bits per heavy atom. The Bertz CT molecular complexity index is 5090. The van der Waals surface area contributed by atoms with Crippen LogP contribution >= 0.6 is 0 Å². The van der Waals surface area contributed by atoms with Gasteiger partial charge < -0.3 is 65.3 Å². The lowest BCUT2D eigenvalue weighted by atomic mass is 9.86. The molecule has 0 bridgehead atoms. The van der Waals surface area contributed by atoms with Gasteiger partial charge in [0, 0.05) is 102 Å². The zero-order valence-corrected chi connectivity index (χ0v) is 87.7. The lowest BCUT2D eigenvalue weighted by Crippen LogP contribution is -2.36. The molecule has 0 radical (unpaired) electrons. The maximum atomic E-state index is 12.0. The second-order valence-electron chi connectivity index (χ2n) is 40.6. The summed E-state index contributed by atoms with van der Waals surface area (Å²) in [6.07, 6.45) is 5.56. The number of benzene rings is 6. The van der Waals surface area contributed by atoms with E-state index < -0.39 is 39.6 Å². The van der Waals surface area contributed by atoms with Crippen molar-refractivity contribution in [1.82, 2.24) is 30.3 Å². The number of nitrogens with zero attached hydrogens (tertiary/aromatic N) is 3. The Morgan fingerprint density at radius 2 is 0.752 bits per heavy atom. The average molecular weight is 1920 g/mol. The van der Waals surface area contributed by atoms with Crippen LogP contribution in [0.2, 0.25) is 0 Å². The van der Waals surface area contributed by atoms with E-state index in [-0.39, 0.29) is 104 Å². The first-order valence-corrected chi connectivity index (χ1v) is 47.4. The number of hydrogen-bond donors (Lipinski definition) is 10. The molecule has 31 heteroatoms. The molecule has 1 aliphatic rings. The number of carbonyl (C=O) groups excluding carboxylic acids is 8. The first-order valence-electron chi connectivity index (χ1n) is 45.9. The number of carbonyl (C=O) groups is 8. The van der Waals surface area contributed by atoms with Crippen LogP contribution in [0.4, 0.5) is 43.2 Å². The molecule has 11 N–H and O–H groups in total. The van der Waals surface area contributed by atoms with Crippen molar-refractivity contribution in [2.24, 2.45) is 11.1 Å². The molecular weight excluding hydrogens is 1760 g/mol. The Labute approximate surface area is 815 Å². The highest BCUT2D eigenvalue weighted by Gasteiger charge is 2.55. The lowest BCUT2D eigenvalue weighted by molar-refractivity contribution is -0.132. The number of anilines is 5. The van der Waals surface area contributed by atoms with E-state index in [9.17, 15) is 46.8 Å². The normalized spacial score (nSPS) is 12.1. The average Bonchev–Trinajstić information content (AvgIpc) is 1.62. The van der Waals surface area contributed by atoms with Crippen molar-refractivity contribution in [1.29, 1.82) is 0 Å². The standard InChI is InChI=1S/C15H20N2O2.C14H21NO3.2C14H21NO2.C13H20N2O3.C12H19N3O2.C12H19NO3S.C12H17NO/c1-14(2,3)10-4-6-11(7-5-10)17-13(19)15(8-9-15)12(16)18;1-14(2,3)11-6-5-7-12(10-11)15-13(16)18-9-8-17-4;1-14(2,3)12-7-5-11(6-8-12)13(16)15-9-10-17-4;1-14(2,3)12-7-5-6-11(10-12)13(16)15-8-9-17-4;1-13(2,3)10-5-6-11(14-9-10)15-12(16)18-8-7-17-4;1-5-6-17-11(16)15-10-13-7-9(8-14-10)12(2,3)4;1-12(2,3)10-4-6-11(7-5-10)17(15,16)13-8-9-14;1-9(14)13-11-7-5-10(6-8-11)12(2,3)4/h4-7H,8-9H2,1-3H3,(H2,16,18)(H,17,19);5-7,10H,8-9H2,1-4H3,(H,15,16);5-8H,9-10H2,1-4H3,(H,15,16);5-7,10H,8-9H2,1-4H3,(H,15,16);5-6,9H,7-8H2,1-4H3,(H,14,15,16);7-8H,5-6H2,1-4H3,(H,13,14,15,16);4-7,13-14H,8-9H2,1-3H3;5-8H,1-4H3,(H,13,14). The maximum Gasteiger partial charge on any atom is 0.414 e. The molecule has 6 aromatic carbocycles. The van der Waals surface area contributed by atoms with E-state index >= 15 is 0 Å². The molecule has 9 rings (SSSR count). The van der Waals surface area contributed by atoms with Gasteiger partial charge in [-0.05, 0) is 186 Å². The number of nitrogens with two attached hydrogens (primary N) is 1. The SMILES string of the molecule is CC(=O)Nc1ccc(C(C)(C)C)cc1.CC(C)(C)c1ccc(NC(=O)C2(C(N)=O)CC2)cc1.CC(C)(C)c1ccc(S(=O)(=O)NCCO)cc1.CCCOC(=O)Nc1ncc(C(C)(C)C)cn1.COCCNC(=O)c1ccc(C(C)(C)C)cc1.COCCNC(=O)c1cccc(C(C)(C)C)c1.COCCOC(=O)Nc1ccc(C(C)(C)C)cn1.COCCOC(=O)Nc1cccc(C(C)(C)C)c1. The van der Waals surface area contributed by atoms with Crippen LogP contribution in [0.15, 0.2) is 181 Å².